The van der Waals surface area contributed by atoms with Gasteiger partial charge in [0.15, 0.2) is 5.69 Å². The Bertz CT molecular complexity index is 695. The zero-order valence-corrected chi connectivity index (χ0v) is 12.6. The number of nitrogens with zero attached hydrogens (tertiary/aromatic N) is 3. The van der Waals surface area contributed by atoms with Crippen LogP contribution in [-0.4, -0.2) is 38.6 Å². The largest absolute Gasteiger partial charge is 0.408 e. The third-order valence-corrected chi connectivity index (χ3v) is 3.25. The Kier molecular flexibility index (Phi) is 4.95. The fourth-order valence-electron chi connectivity index (χ4n) is 2.30. The lowest BCUT2D eigenvalue weighted by Gasteiger charge is -2.12. The maximum absolute atomic E-state index is 12.3. The number of alkyl halides is 3. The topological polar surface area (TPSA) is 87.6 Å². The van der Waals surface area contributed by atoms with E-state index in [0.717, 1.165) is 35.1 Å². The molecule has 0 unspecified atom stereocenters. The molecule has 0 radical (unpaired) electrons. The van der Waals surface area contributed by atoms with Crippen molar-refractivity contribution in [1.29, 1.82) is 0 Å². The molecule has 0 saturated heterocycles. The van der Waals surface area contributed by atoms with Crippen molar-refractivity contribution >= 4 is 24.0 Å². The van der Waals surface area contributed by atoms with Crippen molar-refractivity contribution in [1.82, 2.24) is 25.3 Å². The molecule has 11 heteroatoms. The summed E-state index contributed by atoms with van der Waals surface area (Å²) >= 11 is 0. The number of hydrogen-bond donors (Lipinski definition) is 3. The van der Waals surface area contributed by atoms with Crippen molar-refractivity contribution in [2.24, 2.45) is 0 Å². The minimum atomic E-state index is -4.36. The monoisotopic (exact) mass is 350 g/mol. The Hall–Kier alpha value is -2.07. The second kappa shape index (κ2) is 6.59. The van der Waals surface area contributed by atoms with E-state index < -0.39 is 18.6 Å². The van der Waals surface area contributed by atoms with Gasteiger partial charge in [0.25, 0.3) is 5.91 Å². The fraction of sp³-hybridized carbons (Fsp3) is 0.417. The lowest BCUT2D eigenvalue weighted by Crippen LogP contribution is -2.25. The second-order valence-corrected chi connectivity index (χ2v) is 4.95. The summed E-state index contributed by atoms with van der Waals surface area (Å²) in [6.45, 7) is 0.132. The van der Waals surface area contributed by atoms with Crippen molar-refractivity contribution < 1.29 is 18.0 Å². The molecule has 0 bridgehead atoms. The number of fused-ring (bicyclic) bond motifs is 1. The number of aromatic nitrogens is 4. The van der Waals surface area contributed by atoms with Gasteiger partial charge in [-0.05, 0) is 0 Å². The first kappa shape index (κ1) is 17.3. The molecule has 0 fully saturated rings. The Morgan fingerprint density at radius 2 is 2.22 bits per heavy atom. The van der Waals surface area contributed by atoms with E-state index in [9.17, 15) is 18.0 Å². The Morgan fingerprint density at radius 3 is 2.96 bits per heavy atom. The highest BCUT2D eigenvalue weighted by Gasteiger charge is 2.28. The number of H-pyrrole nitrogens is 1. The average Bonchev–Trinajstić information content (AvgIpc) is 3.03. The van der Waals surface area contributed by atoms with E-state index in [1.165, 1.54) is 6.20 Å². The molecule has 0 aromatic carbocycles. The fourth-order valence-corrected chi connectivity index (χ4v) is 2.30. The van der Waals surface area contributed by atoms with Crippen LogP contribution in [-0.2, 0) is 19.5 Å². The van der Waals surface area contributed by atoms with Crippen LogP contribution in [0.25, 0.3) is 0 Å². The average molecular weight is 351 g/mol. The van der Waals surface area contributed by atoms with Crippen molar-refractivity contribution in [3.05, 3.63) is 29.3 Å². The number of hydrogen-bond acceptors (Lipinski definition) is 4. The standard InChI is InChI=1S/C12H13F3N6O.ClH/c13-12(14,15)6-21-5-7(3-17-21)18-11(22)10-8-4-16-2-1-9(8)19-20-10;/h3,5,16H,1-2,4,6H2,(H,18,22)(H,19,20);1H. The minimum absolute atomic E-state index is 0. The van der Waals surface area contributed by atoms with Gasteiger partial charge < -0.3 is 10.6 Å². The van der Waals surface area contributed by atoms with E-state index in [2.05, 4.69) is 25.9 Å². The highest BCUT2D eigenvalue weighted by atomic mass is 35.5. The number of amides is 1. The molecule has 7 nitrogen and oxygen atoms in total. The molecule has 1 aliphatic rings. The molecule has 0 spiro atoms. The summed E-state index contributed by atoms with van der Waals surface area (Å²) in [5.41, 5.74) is 2.11. The van der Waals surface area contributed by atoms with E-state index in [1.54, 1.807) is 0 Å². The zero-order valence-electron chi connectivity index (χ0n) is 11.8. The Labute approximate surface area is 135 Å². The number of nitrogens with one attached hydrogen (secondary N) is 3. The normalized spacial score (nSPS) is 14.0. The van der Waals surface area contributed by atoms with Crippen molar-refractivity contribution in [3.63, 3.8) is 0 Å². The molecule has 126 valence electrons. The van der Waals surface area contributed by atoms with Gasteiger partial charge in [-0.25, -0.2) is 0 Å². The van der Waals surface area contributed by atoms with E-state index in [4.69, 9.17) is 0 Å². The molecule has 0 saturated carbocycles. The number of anilines is 1. The molecule has 3 rings (SSSR count). The molecule has 1 amide bonds. The molecule has 1 aliphatic heterocycles. The molecule has 0 atom stereocenters. The summed E-state index contributed by atoms with van der Waals surface area (Å²) in [5, 5.41) is 16.0. The predicted octanol–water partition coefficient (Wildman–Crippen LogP) is 1.49. The summed E-state index contributed by atoms with van der Waals surface area (Å²) in [7, 11) is 0. The third-order valence-electron chi connectivity index (χ3n) is 3.25. The van der Waals surface area contributed by atoms with Gasteiger partial charge in [0, 0.05) is 37.0 Å². The van der Waals surface area contributed by atoms with Gasteiger partial charge >= 0.3 is 6.18 Å². The zero-order chi connectivity index (χ0) is 15.7. The van der Waals surface area contributed by atoms with Crippen molar-refractivity contribution in [3.8, 4) is 0 Å². The van der Waals surface area contributed by atoms with Crippen molar-refractivity contribution in [2.45, 2.75) is 25.7 Å². The minimum Gasteiger partial charge on any atom is -0.318 e. The van der Waals surface area contributed by atoms with Crippen molar-refractivity contribution in [2.75, 3.05) is 11.9 Å². The molecule has 3 N–H and O–H groups in total. The van der Waals surface area contributed by atoms with Crippen LogP contribution in [0.5, 0.6) is 0 Å². The molecular weight excluding hydrogens is 337 g/mol. The summed E-state index contributed by atoms with van der Waals surface area (Å²) in [6, 6.07) is 0. The first-order valence-electron chi connectivity index (χ1n) is 6.60. The smallest absolute Gasteiger partial charge is 0.318 e. The molecule has 2 aromatic heterocycles. The van der Waals surface area contributed by atoms with Gasteiger partial charge in [0.2, 0.25) is 0 Å². The Balaban J connectivity index is 0.00000192. The number of carbonyl (C=O) groups is 1. The first-order chi connectivity index (χ1) is 10.4. The lowest BCUT2D eigenvalue weighted by molar-refractivity contribution is -0.142. The molecule has 23 heavy (non-hydrogen) atoms. The summed E-state index contributed by atoms with van der Waals surface area (Å²) in [5.74, 6) is -0.479. The summed E-state index contributed by atoms with van der Waals surface area (Å²) in [6.07, 6.45) is -1.32. The van der Waals surface area contributed by atoms with Crippen LogP contribution in [0.15, 0.2) is 12.4 Å². The quantitative estimate of drug-likeness (QED) is 0.782. The summed E-state index contributed by atoms with van der Waals surface area (Å²) in [4.78, 5) is 12.2. The van der Waals surface area contributed by atoms with Gasteiger partial charge in [-0.1, -0.05) is 0 Å². The van der Waals surface area contributed by atoms with Gasteiger partial charge in [-0.2, -0.15) is 23.4 Å². The number of aromatic amines is 1. The van der Waals surface area contributed by atoms with Crippen LogP contribution in [0.4, 0.5) is 18.9 Å². The highest BCUT2D eigenvalue weighted by molar-refractivity contribution is 6.03. The van der Waals surface area contributed by atoms with E-state index in [1.807, 2.05) is 0 Å². The highest BCUT2D eigenvalue weighted by Crippen LogP contribution is 2.19. The van der Waals surface area contributed by atoms with E-state index in [-0.39, 0.29) is 23.8 Å². The lowest BCUT2D eigenvalue weighted by atomic mass is 10.1. The molecule has 3 heterocycles. The van der Waals surface area contributed by atoms with Gasteiger partial charge in [0.05, 0.1) is 11.9 Å². The van der Waals surface area contributed by atoms with Gasteiger partial charge in [-0.3, -0.25) is 14.6 Å². The number of rotatable bonds is 3. The SMILES string of the molecule is Cl.O=C(Nc1cnn(CC(F)(F)F)c1)c1n[nH]c2c1CNCC2. The summed E-state index contributed by atoms with van der Waals surface area (Å²) < 4.78 is 37.5. The molecular formula is C12H14ClF3N6O. The Morgan fingerprint density at radius 1 is 1.43 bits per heavy atom. The van der Waals surface area contributed by atoms with Crippen LogP contribution in [0.2, 0.25) is 0 Å². The van der Waals surface area contributed by atoms with E-state index >= 15 is 0 Å². The number of carbonyl (C=O) groups excluding carboxylic acids is 1. The second-order valence-electron chi connectivity index (χ2n) is 4.95. The molecule has 2 aromatic rings. The van der Waals surface area contributed by atoms with Crippen LogP contribution in [0.3, 0.4) is 0 Å². The van der Waals surface area contributed by atoms with Crippen LogP contribution in [0.1, 0.15) is 21.7 Å². The third kappa shape index (κ3) is 4.02. The van der Waals surface area contributed by atoms with Gasteiger partial charge in [-0.15, -0.1) is 12.4 Å². The first-order valence-corrected chi connectivity index (χ1v) is 6.60. The molecule has 0 aliphatic carbocycles. The predicted molar refractivity (Wildman–Crippen MR) is 77.5 cm³/mol. The van der Waals surface area contributed by atoms with Crippen LogP contribution in [0, 0.1) is 0 Å². The van der Waals surface area contributed by atoms with Gasteiger partial charge in [0.1, 0.15) is 6.54 Å². The number of halogens is 4. The maximum atomic E-state index is 12.3. The van der Waals surface area contributed by atoms with E-state index in [0.29, 0.717) is 6.54 Å². The maximum Gasteiger partial charge on any atom is 0.408 e. The van der Waals surface area contributed by atoms with Crippen LogP contribution >= 0.6 is 12.4 Å². The van der Waals surface area contributed by atoms with Crippen LogP contribution < -0.4 is 10.6 Å².